The largest absolute Gasteiger partial charge is 0.364 e. The lowest BCUT2D eigenvalue weighted by atomic mass is 10.1. The summed E-state index contributed by atoms with van der Waals surface area (Å²) >= 11 is 6.14. The Labute approximate surface area is 148 Å². The summed E-state index contributed by atoms with van der Waals surface area (Å²) in [7, 11) is 0. The molecule has 2 aromatic rings. The van der Waals surface area contributed by atoms with Gasteiger partial charge < -0.3 is 16.4 Å². The first-order valence-corrected chi connectivity index (χ1v) is 7.76. The number of rotatable bonds is 4. The highest BCUT2D eigenvalue weighted by Crippen LogP contribution is 2.28. The normalized spacial score (nSPS) is 13.5. The molecule has 1 aromatic carbocycles. The molecule has 8 nitrogen and oxygen atoms in total. The maximum absolute atomic E-state index is 12.4. The van der Waals surface area contributed by atoms with Gasteiger partial charge in [-0.25, -0.2) is 9.78 Å². The fraction of sp³-hybridized carbons (Fsp3) is 0.125. The van der Waals surface area contributed by atoms with Crippen molar-refractivity contribution in [3.05, 3.63) is 52.7 Å². The number of halogens is 1. The number of benzene rings is 1. The molecular weight excluding hydrogens is 346 g/mol. The molecule has 0 spiro atoms. The first-order valence-electron chi connectivity index (χ1n) is 7.39. The van der Waals surface area contributed by atoms with Crippen molar-refractivity contribution in [2.24, 2.45) is 5.73 Å². The molecule has 25 heavy (non-hydrogen) atoms. The Morgan fingerprint density at radius 3 is 2.76 bits per heavy atom. The van der Waals surface area contributed by atoms with E-state index >= 15 is 0 Å². The molecule has 0 atom stereocenters. The molecule has 0 bridgehead atoms. The third-order valence-electron chi connectivity index (χ3n) is 3.60. The number of carbonyl (C=O) groups excluding carboxylic acids is 3. The van der Waals surface area contributed by atoms with Crippen LogP contribution in [0.5, 0.6) is 0 Å². The first kappa shape index (κ1) is 16.7. The van der Waals surface area contributed by atoms with E-state index in [2.05, 4.69) is 15.6 Å². The van der Waals surface area contributed by atoms with Gasteiger partial charge in [-0.3, -0.25) is 14.5 Å². The van der Waals surface area contributed by atoms with Crippen LogP contribution in [-0.4, -0.2) is 35.9 Å². The van der Waals surface area contributed by atoms with Crippen LogP contribution in [0.2, 0.25) is 5.02 Å². The van der Waals surface area contributed by atoms with E-state index in [1.807, 2.05) is 0 Å². The molecule has 0 saturated carbocycles. The number of nitrogens with two attached hydrogens (primary N) is 1. The van der Waals surface area contributed by atoms with Crippen molar-refractivity contribution >= 4 is 41.0 Å². The monoisotopic (exact) mass is 359 g/mol. The van der Waals surface area contributed by atoms with Crippen LogP contribution in [0.3, 0.4) is 0 Å². The van der Waals surface area contributed by atoms with Gasteiger partial charge in [-0.15, -0.1) is 0 Å². The Bertz CT molecular complexity index is 871. The van der Waals surface area contributed by atoms with Crippen molar-refractivity contribution in [1.29, 1.82) is 0 Å². The molecule has 1 fully saturated rings. The summed E-state index contributed by atoms with van der Waals surface area (Å²) in [5, 5.41) is 5.62. The molecule has 1 saturated heterocycles. The van der Waals surface area contributed by atoms with Gasteiger partial charge in [-0.05, 0) is 30.3 Å². The topological polar surface area (TPSA) is 117 Å². The summed E-state index contributed by atoms with van der Waals surface area (Å²) in [4.78, 5) is 40.8. The van der Waals surface area contributed by atoms with Gasteiger partial charge in [-0.1, -0.05) is 17.7 Å². The van der Waals surface area contributed by atoms with Gasteiger partial charge in [0.2, 0.25) is 0 Å². The third-order valence-corrected chi connectivity index (χ3v) is 3.92. The molecule has 0 radical (unpaired) electrons. The van der Waals surface area contributed by atoms with Crippen LogP contribution in [0.1, 0.15) is 20.8 Å². The molecule has 1 aromatic heterocycles. The van der Waals surface area contributed by atoms with Crippen LogP contribution in [-0.2, 0) is 0 Å². The Hall–Kier alpha value is -3.13. The van der Waals surface area contributed by atoms with E-state index in [-0.39, 0.29) is 17.5 Å². The summed E-state index contributed by atoms with van der Waals surface area (Å²) in [5.74, 6) is -0.951. The average molecular weight is 360 g/mol. The summed E-state index contributed by atoms with van der Waals surface area (Å²) in [5.41, 5.74) is 5.96. The highest BCUT2D eigenvalue weighted by atomic mass is 35.5. The number of nitrogens with zero attached hydrogens (tertiary/aromatic N) is 2. The van der Waals surface area contributed by atoms with E-state index in [9.17, 15) is 14.4 Å². The molecule has 2 heterocycles. The minimum Gasteiger partial charge on any atom is -0.364 e. The number of pyridine rings is 1. The molecule has 4 amide bonds. The van der Waals surface area contributed by atoms with Crippen molar-refractivity contribution < 1.29 is 14.4 Å². The fourth-order valence-electron chi connectivity index (χ4n) is 2.39. The molecule has 128 valence electrons. The number of primary amides is 1. The van der Waals surface area contributed by atoms with E-state index in [0.717, 1.165) is 0 Å². The van der Waals surface area contributed by atoms with Crippen LogP contribution in [0.25, 0.3) is 0 Å². The third kappa shape index (κ3) is 3.53. The maximum Gasteiger partial charge on any atom is 0.322 e. The number of anilines is 2. The summed E-state index contributed by atoms with van der Waals surface area (Å²) in [6.07, 6.45) is 0. The van der Waals surface area contributed by atoms with Gasteiger partial charge in [0.25, 0.3) is 11.8 Å². The number of aromatic nitrogens is 1. The zero-order valence-electron chi connectivity index (χ0n) is 13.0. The molecular formula is C16H14ClN5O3. The van der Waals surface area contributed by atoms with Crippen LogP contribution < -0.4 is 21.3 Å². The van der Waals surface area contributed by atoms with Gasteiger partial charge in [0, 0.05) is 18.7 Å². The lowest BCUT2D eigenvalue weighted by Crippen LogP contribution is -2.28. The van der Waals surface area contributed by atoms with Gasteiger partial charge >= 0.3 is 6.03 Å². The zero-order valence-corrected chi connectivity index (χ0v) is 13.7. The van der Waals surface area contributed by atoms with Crippen LogP contribution in [0, 0.1) is 0 Å². The molecule has 9 heteroatoms. The molecule has 1 aliphatic rings. The van der Waals surface area contributed by atoms with Crippen molar-refractivity contribution in [3.8, 4) is 0 Å². The predicted molar refractivity (Wildman–Crippen MR) is 92.9 cm³/mol. The summed E-state index contributed by atoms with van der Waals surface area (Å²) < 4.78 is 0. The molecule has 1 aliphatic heterocycles. The fourth-order valence-corrected chi connectivity index (χ4v) is 2.61. The zero-order chi connectivity index (χ0) is 18.0. The number of nitrogens with one attached hydrogen (secondary N) is 2. The van der Waals surface area contributed by atoms with Crippen molar-refractivity contribution in [2.75, 3.05) is 23.3 Å². The minimum atomic E-state index is -0.690. The van der Waals surface area contributed by atoms with Crippen molar-refractivity contribution in [3.63, 3.8) is 0 Å². The lowest BCUT2D eigenvalue weighted by Gasteiger charge is -2.17. The molecule has 0 aliphatic carbocycles. The van der Waals surface area contributed by atoms with Gasteiger partial charge in [-0.2, -0.15) is 0 Å². The number of amides is 4. The van der Waals surface area contributed by atoms with Gasteiger partial charge in [0.05, 0.1) is 10.7 Å². The standard InChI is InChI=1S/C16H14ClN5O3/c17-10-5-4-9(8-12(10)22-7-6-19-16(22)25)15(24)21-13-3-1-2-11(20-13)14(18)23/h1-5,8H,6-7H2,(H2,18,23)(H,19,25)(H,20,21,24). The Balaban J connectivity index is 1.84. The van der Waals surface area contributed by atoms with E-state index in [1.165, 1.54) is 29.2 Å². The molecule has 3 rings (SSSR count). The quantitative estimate of drug-likeness (QED) is 0.768. The van der Waals surface area contributed by atoms with Crippen LogP contribution >= 0.6 is 11.6 Å². The van der Waals surface area contributed by atoms with E-state index in [1.54, 1.807) is 12.1 Å². The van der Waals surface area contributed by atoms with Gasteiger partial charge in [0.1, 0.15) is 11.5 Å². The Kier molecular flexibility index (Phi) is 4.53. The minimum absolute atomic E-state index is 0.0448. The average Bonchev–Trinajstić information content (AvgIpc) is 3.01. The SMILES string of the molecule is NC(=O)c1cccc(NC(=O)c2ccc(Cl)c(N3CCNC3=O)c2)n1. The van der Waals surface area contributed by atoms with Crippen LogP contribution in [0.15, 0.2) is 36.4 Å². The predicted octanol–water partition coefficient (Wildman–Crippen LogP) is 1.62. The number of hydrogen-bond donors (Lipinski definition) is 3. The second-order valence-electron chi connectivity index (χ2n) is 5.28. The van der Waals surface area contributed by atoms with Crippen LogP contribution in [0.4, 0.5) is 16.3 Å². The van der Waals surface area contributed by atoms with E-state index in [0.29, 0.717) is 29.4 Å². The van der Waals surface area contributed by atoms with E-state index in [4.69, 9.17) is 17.3 Å². The summed E-state index contributed by atoms with van der Waals surface area (Å²) in [6.45, 7) is 0.973. The van der Waals surface area contributed by atoms with Crippen molar-refractivity contribution in [2.45, 2.75) is 0 Å². The van der Waals surface area contributed by atoms with Crippen molar-refractivity contribution in [1.82, 2.24) is 10.3 Å². The van der Waals surface area contributed by atoms with E-state index < -0.39 is 11.8 Å². The summed E-state index contributed by atoms with van der Waals surface area (Å²) in [6, 6.07) is 8.89. The number of carbonyl (C=O) groups is 3. The highest BCUT2D eigenvalue weighted by molar-refractivity contribution is 6.34. The Morgan fingerprint density at radius 2 is 2.08 bits per heavy atom. The smallest absolute Gasteiger partial charge is 0.322 e. The molecule has 4 N–H and O–H groups in total. The highest BCUT2D eigenvalue weighted by Gasteiger charge is 2.24. The second kappa shape index (κ2) is 6.78. The lowest BCUT2D eigenvalue weighted by molar-refractivity contribution is 0.0991. The maximum atomic E-state index is 12.4. The van der Waals surface area contributed by atoms with Gasteiger partial charge in [0.15, 0.2) is 0 Å². The molecule has 0 unspecified atom stereocenters. The Morgan fingerprint density at radius 1 is 1.28 bits per heavy atom. The number of hydrogen-bond acceptors (Lipinski definition) is 4. The second-order valence-corrected chi connectivity index (χ2v) is 5.68. The number of urea groups is 1. The first-order chi connectivity index (χ1) is 12.0.